The fourth-order valence-corrected chi connectivity index (χ4v) is 3.29. The van der Waals surface area contributed by atoms with Crippen molar-refractivity contribution in [3.05, 3.63) is 55.1 Å². The average Bonchev–Trinajstić information content (AvgIpc) is 2.68. The number of benzene rings is 1. The van der Waals surface area contributed by atoms with Crippen molar-refractivity contribution in [2.45, 2.75) is 20.0 Å². The highest BCUT2D eigenvalue weighted by molar-refractivity contribution is 9.10. The van der Waals surface area contributed by atoms with Crippen LogP contribution in [0, 0.1) is 6.92 Å². The van der Waals surface area contributed by atoms with Crippen LogP contribution in [0.2, 0.25) is 5.02 Å². The SMILES string of the molecule is Cc1ccc(CNCc2cc(Br)cs2)c(Cl)c1. The molecule has 90 valence electrons. The van der Waals surface area contributed by atoms with Crippen molar-refractivity contribution in [2.75, 3.05) is 0 Å². The van der Waals surface area contributed by atoms with Crippen LogP contribution in [-0.2, 0) is 13.1 Å². The third-order valence-electron chi connectivity index (χ3n) is 2.45. The van der Waals surface area contributed by atoms with Gasteiger partial charge in [-0.3, -0.25) is 0 Å². The van der Waals surface area contributed by atoms with Gasteiger partial charge < -0.3 is 5.32 Å². The van der Waals surface area contributed by atoms with E-state index in [0.29, 0.717) is 0 Å². The summed E-state index contributed by atoms with van der Waals surface area (Å²) in [4.78, 5) is 1.32. The van der Waals surface area contributed by atoms with E-state index in [2.05, 4.69) is 44.8 Å². The van der Waals surface area contributed by atoms with E-state index in [0.717, 1.165) is 28.1 Å². The van der Waals surface area contributed by atoms with E-state index >= 15 is 0 Å². The van der Waals surface area contributed by atoms with E-state index in [-0.39, 0.29) is 0 Å². The summed E-state index contributed by atoms with van der Waals surface area (Å²) >= 11 is 11.4. The predicted octanol–water partition coefficient (Wildman–Crippen LogP) is 4.76. The van der Waals surface area contributed by atoms with Crippen LogP contribution in [0.15, 0.2) is 34.1 Å². The molecule has 0 spiro atoms. The molecule has 0 aliphatic heterocycles. The van der Waals surface area contributed by atoms with Crippen LogP contribution in [0.4, 0.5) is 0 Å². The van der Waals surface area contributed by atoms with Gasteiger partial charge in [0, 0.05) is 32.8 Å². The van der Waals surface area contributed by atoms with Gasteiger partial charge in [0.25, 0.3) is 0 Å². The number of hydrogen-bond donors (Lipinski definition) is 1. The summed E-state index contributed by atoms with van der Waals surface area (Å²) in [5, 5.41) is 6.33. The standard InChI is InChI=1S/C13H13BrClNS/c1-9-2-3-10(13(15)4-9)6-16-7-12-5-11(14)8-17-12/h2-5,8,16H,6-7H2,1H3. The van der Waals surface area contributed by atoms with Crippen LogP contribution in [0.25, 0.3) is 0 Å². The molecule has 0 saturated heterocycles. The zero-order chi connectivity index (χ0) is 12.3. The second kappa shape index (κ2) is 6.01. The molecule has 1 nitrogen and oxygen atoms in total. The van der Waals surface area contributed by atoms with E-state index in [9.17, 15) is 0 Å². The second-order valence-electron chi connectivity index (χ2n) is 3.93. The predicted molar refractivity (Wildman–Crippen MR) is 78.8 cm³/mol. The molecule has 0 saturated carbocycles. The van der Waals surface area contributed by atoms with Crippen LogP contribution in [-0.4, -0.2) is 0 Å². The Labute approximate surface area is 119 Å². The topological polar surface area (TPSA) is 12.0 Å². The maximum atomic E-state index is 6.17. The van der Waals surface area contributed by atoms with Gasteiger partial charge in [0.15, 0.2) is 0 Å². The normalized spacial score (nSPS) is 10.8. The van der Waals surface area contributed by atoms with Crippen molar-refractivity contribution in [1.29, 1.82) is 0 Å². The fraction of sp³-hybridized carbons (Fsp3) is 0.231. The van der Waals surface area contributed by atoms with Gasteiger partial charge in [-0.05, 0) is 46.1 Å². The summed E-state index contributed by atoms with van der Waals surface area (Å²) in [7, 11) is 0. The molecule has 0 atom stereocenters. The monoisotopic (exact) mass is 329 g/mol. The summed E-state index contributed by atoms with van der Waals surface area (Å²) in [6.45, 7) is 3.72. The van der Waals surface area contributed by atoms with Crippen molar-refractivity contribution < 1.29 is 0 Å². The van der Waals surface area contributed by atoms with Crippen LogP contribution >= 0.6 is 38.9 Å². The van der Waals surface area contributed by atoms with Gasteiger partial charge in [-0.25, -0.2) is 0 Å². The highest BCUT2D eigenvalue weighted by Crippen LogP contribution is 2.20. The number of hydrogen-bond acceptors (Lipinski definition) is 2. The highest BCUT2D eigenvalue weighted by atomic mass is 79.9. The first kappa shape index (κ1) is 13.1. The molecule has 0 aliphatic carbocycles. The molecule has 0 unspecified atom stereocenters. The van der Waals surface area contributed by atoms with Gasteiger partial charge in [0.1, 0.15) is 0 Å². The van der Waals surface area contributed by atoms with E-state index in [1.807, 2.05) is 13.0 Å². The van der Waals surface area contributed by atoms with Gasteiger partial charge in [-0.2, -0.15) is 0 Å². The number of nitrogens with one attached hydrogen (secondary N) is 1. The first-order chi connectivity index (χ1) is 8.15. The zero-order valence-electron chi connectivity index (χ0n) is 9.47. The van der Waals surface area contributed by atoms with Gasteiger partial charge in [0.05, 0.1) is 0 Å². The summed E-state index contributed by atoms with van der Waals surface area (Å²) in [5.74, 6) is 0. The third kappa shape index (κ3) is 3.81. The molecule has 4 heteroatoms. The lowest BCUT2D eigenvalue weighted by molar-refractivity contribution is 0.701. The van der Waals surface area contributed by atoms with Crippen molar-refractivity contribution >= 4 is 38.9 Å². The maximum absolute atomic E-state index is 6.17. The van der Waals surface area contributed by atoms with E-state index in [4.69, 9.17) is 11.6 Å². The Balaban J connectivity index is 1.90. The molecule has 0 radical (unpaired) electrons. The van der Waals surface area contributed by atoms with Crippen molar-refractivity contribution in [3.8, 4) is 0 Å². The zero-order valence-corrected chi connectivity index (χ0v) is 12.6. The quantitative estimate of drug-likeness (QED) is 0.852. The second-order valence-corrected chi connectivity index (χ2v) is 6.25. The van der Waals surface area contributed by atoms with Gasteiger partial charge in [-0.1, -0.05) is 23.7 Å². The Bertz CT molecular complexity index is 510. The number of aryl methyl sites for hydroxylation is 1. The molecular weight excluding hydrogens is 318 g/mol. The van der Waals surface area contributed by atoms with Crippen LogP contribution < -0.4 is 5.32 Å². The third-order valence-corrected chi connectivity index (χ3v) is 4.49. The van der Waals surface area contributed by atoms with Gasteiger partial charge in [0.2, 0.25) is 0 Å². The molecule has 0 bridgehead atoms. The summed E-state index contributed by atoms with van der Waals surface area (Å²) in [5.41, 5.74) is 2.34. The summed E-state index contributed by atoms with van der Waals surface area (Å²) in [6, 6.07) is 8.30. The van der Waals surface area contributed by atoms with Gasteiger partial charge >= 0.3 is 0 Å². The summed E-state index contributed by atoms with van der Waals surface area (Å²) < 4.78 is 1.15. The van der Waals surface area contributed by atoms with Crippen LogP contribution in [0.5, 0.6) is 0 Å². The van der Waals surface area contributed by atoms with Gasteiger partial charge in [-0.15, -0.1) is 11.3 Å². The minimum atomic E-state index is 0.800. The molecule has 1 aromatic carbocycles. The number of thiophene rings is 1. The minimum Gasteiger partial charge on any atom is -0.308 e. The lowest BCUT2D eigenvalue weighted by Gasteiger charge is -2.06. The van der Waals surface area contributed by atoms with E-state index < -0.39 is 0 Å². The lowest BCUT2D eigenvalue weighted by Crippen LogP contribution is -2.12. The van der Waals surface area contributed by atoms with E-state index in [1.54, 1.807) is 11.3 Å². The summed E-state index contributed by atoms with van der Waals surface area (Å²) in [6.07, 6.45) is 0. The first-order valence-electron chi connectivity index (χ1n) is 5.34. The molecular formula is C13H13BrClNS. The largest absolute Gasteiger partial charge is 0.308 e. The molecule has 1 aromatic heterocycles. The first-order valence-corrected chi connectivity index (χ1v) is 7.39. The molecule has 1 heterocycles. The van der Waals surface area contributed by atoms with Crippen LogP contribution in [0.3, 0.4) is 0 Å². The molecule has 0 amide bonds. The molecule has 1 N–H and O–H groups in total. The smallest absolute Gasteiger partial charge is 0.0453 e. The Morgan fingerprint density at radius 3 is 2.76 bits per heavy atom. The Hall–Kier alpha value is -0.350. The Morgan fingerprint density at radius 1 is 1.29 bits per heavy atom. The van der Waals surface area contributed by atoms with Crippen molar-refractivity contribution in [3.63, 3.8) is 0 Å². The minimum absolute atomic E-state index is 0.800. The average molecular weight is 331 g/mol. The number of halogens is 2. The molecule has 2 aromatic rings. The fourth-order valence-electron chi connectivity index (χ4n) is 1.56. The van der Waals surface area contributed by atoms with E-state index in [1.165, 1.54) is 10.4 Å². The highest BCUT2D eigenvalue weighted by Gasteiger charge is 2.01. The lowest BCUT2D eigenvalue weighted by atomic mass is 10.1. The van der Waals surface area contributed by atoms with Crippen LogP contribution in [0.1, 0.15) is 16.0 Å². The Morgan fingerprint density at radius 2 is 2.12 bits per heavy atom. The Kier molecular flexibility index (Phi) is 4.62. The molecule has 0 aliphatic rings. The molecule has 2 rings (SSSR count). The molecule has 0 fully saturated rings. The maximum Gasteiger partial charge on any atom is 0.0453 e. The van der Waals surface area contributed by atoms with Crippen molar-refractivity contribution in [2.24, 2.45) is 0 Å². The van der Waals surface area contributed by atoms with Crippen molar-refractivity contribution in [1.82, 2.24) is 5.32 Å². The number of rotatable bonds is 4. The molecule has 17 heavy (non-hydrogen) atoms.